The third-order valence-electron chi connectivity index (χ3n) is 4.82. The molecule has 3 rings (SSSR count). The summed E-state index contributed by atoms with van der Waals surface area (Å²) < 4.78 is 0. The van der Waals surface area contributed by atoms with Crippen LogP contribution in [0, 0.1) is 17.3 Å². The first kappa shape index (κ1) is 7.41. The first-order valence-corrected chi connectivity index (χ1v) is 5.91. The number of hydrogen-bond donors (Lipinski definition) is 0. The zero-order chi connectivity index (χ0) is 8.02. The summed E-state index contributed by atoms with van der Waals surface area (Å²) in [4.78, 5) is 0. The standard InChI is InChI=1S/C12H20/c1-2-6-10(5-1)11-9-12(11)7-3-4-8-12/h10-11H,1-9H2. The second-order valence-corrected chi connectivity index (χ2v) is 5.42. The topological polar surface area (TPSA) is 0 Å². The normalized spacial score (nSPS) is 39.5. The molecule has 0 aliphatic heterocycles. The van der Waals surface area contributed by atoms with E-state index < -0.39 is 0 Å². The third kappa shape index (κ3) is 0.963. The Labute approximate surface area is 75.7 Å². The first-order valence-electron chi connectivity index (χ1n) is 5.91. The molecule has 0 N–H and O–H groups in total. The van der Waals surface area contributed by atoms with Gasteiger partial charge in [-0.1, -0.05) is 38.5 Å². The van der Waals surface area contributed by atoms with Gasteiger partial charge in [0.15, 0.2) is 0 Å². The molecule has 0 aromatic rings. The van der Waals surface area contributed by atoms with Crippen LogP contribution in [0.5, 0.6) is 0 Å². The molecule has 3 aliphatic rings. The SMILES string of the molecule is C1CCC(C2CC23CCCC3)C1. The molecule has 0 aromatic heterocycles. The Kier molecular flexibility index (Phi) is 1.54. The van der Waals surface area contributed by atoms with Gasteiger partial charge in [-0.3, -0.25) is 0 Å². The van der Waals surface area contributed by atoms with Crippen molar-refractivity contribution in [3.63, 3.8) is 0 Å². The average molecular weight is 164 g/mol. The van der Waals surface area contributed by atoms with Crippen LogP contribution in [0.3, 0.4) is 0 Å². The predicted octanol–water partition coefficient (Wildman–Crippen LogP) is 3.76. The molecular formula is C12H20. The summed E-state index contributed by atoms with van der Waals surface area (Å²) in [7, 11) is 0. The molecule has 1 unspecified atom stereocenters. The maximum absolute atomic E-state index is 1.62. The van der Waals surface area contributed by atoms with Crippen molar-refractivity contribution in [3.8, 4) is 0 Å². The molecule has 0 heteroatoms. The Morgan fingerprint density at radius 1 is 0.833 bits per heavy atom. The van der Waals surface area contributed by atoms with Crippen molar-refractivity contribution >= 4 is 0 Å². The monoisotopic (exact) mass is 164 g/mol. The van der Waals surface area contributed by atoms with Gasteiger partial charge in [-0.05, 0) is 36.5 Å². The summed E-state index contributed by atoms with van der Waals surface area (Å²) >= 11 is 0. The Hall–Kier alpha value is 0. The lowest BCUT2D eigenvalue weighted by Crippen LogP contribution is -2.04. The fourth-order valence-electron chi connectivity index (χ4n) is 4.06. The van der Waals surface area contributed by atoms with E-state index in [1.807, 2.05) is 0 Å². The molecular weight excluding hydrogens is 144 g/mol. The minimum atomic E-state index is 0.926. The molecule has 1 atom stereocenters. The van der Waals surface area contributed by atoms with Crippen LogP contribution in [-0.4, -0.2) is 0 Å². The molecule has 3 saturated carbocycles. The molecule has 3 aliphatic carbocycles. The van der Waals surface area contributed by atoms with Crippen LogP contribution in [0.4, 0.5) is 0 Å². The second kappa shape index (κ2) is 2.49. The Morgan fingerprint density at radius 3 is 2.17 bits per heavy atom. The largest absolute Gasteiger partial charge is 0.0530 e. The minimum absolute atomic E-state index is 0.926. The minimum Gasteiger partial charge on any atom is -0.0530 e. The van der Waals surface area contributed by atoms with Crippen molar-refractivity contribution in [2.45, 2.75) is 57.8 Å². The fraction of sp³-hybridized carbons (Fsp3) is 1.00. The van der Waals surface area contributed by atoms with E-state index in [1.54, 1.807) is 44.9 Å². The van der Waals surface area contributed by atoms with Crippen LogP contribution >= 0.6 is 0 Å². The molecule has 0 nitrogen and oxygen atoms in total. The van der Waals surface area contributed by atoms with Crippen molar-refractivity contribution in [2.24, 2.45) is 17.3 Å². The summed E-state index contributed by atoms with van der Waals surface area (Å²) in [5, 5.41) is 0. The lowest BCUT2D eigenvalue weighted by atomic mass is 9.92. The molecule has 0 bridgehead atoms. The Balaban J connectivity index is 1.66. The van der Waals surface area contributed by atoms with Crippen LogP contribution in [0.1, 0.15) is 57.8 Å². The lowest BCUT2D eigenvalue weighted by Gasteiger charge is -2.13. The molecule has 1 spiro atoms. The van der Waals surface area contributed by atoms with Crippen LogP contribution in [-0.2, 0) is 0 Å². The van der Waals surface area contributed by atoms with Gasteiger partial charge in [-0.25, -0.2) is 0 Å². The van der Waals surface area contributed by atoms with E-state index in [4.69, 9.17) is 0 Å². The van der Waals surface area contributed by atoms with Crippen LogP contribution < -0.4 is 0 Å². The third-order valence-corrected chi connectivity index (χ3v) is 4.82. The van der Waals surface area contributed by atoms with Gasteiger partial charge in [0.25, 0.3) is 0 Å². The van der Waals surface area contributed by atoms with Gasteiger partial charge in [0.05, 0.1) is 0 Å². The maximum atomic E-state index is 1.62. The molecule has 0 radical (unpaired) electrons. The van der Waals surface area contributed by atoms with Crippen LogP contribution in [0.15, 0.2) is 0 Å². The molecule has 0 aromatic carbocycles. The molecule has 0 heterocycles. The first-order chi connectivity index (χ1) is 5.91. The molecule has 68 valence electrons. The van der Waals surface area contributed by atoms with Gasteiger partial charge in [-0.15, -0.1) is 0 Å². The second-order valence-electron chi connectivity index (χ2n) is 5.42. The van der Waals surface area contributed by atoms with Crippen LogP contribution in [0.25, 0.3) is 0 Å². The molecule has 0 amide bonds. The average Bonchev–Trinajstić information content (AvgIpc) is 2.58. The van der Waals surface area contributed by atoms with Gasteiger partial charge in [0.1, 0.15) is 0 Å². The summed E-state index contributed by atoms with van der Waals surface area (Å²) in [5.74, 6) is 2.37. The van der Waals surface area contributed by atoms with E-state index in [-0.39, 0.29) is 0 Å². The van der Waals surface area contributed by atoms with Crippen molar-refractivity contribution in [3.05, 3.63) is 0 Å². The molecule has 0 saturated heterocycles. The van der Waals surface area contributed by atoms with Crippen molar-refractivity contribution in [1.29, 1.82) is 0 Å². The van der Waals surface area contributed by atoms with E-state index in [2.05, 4.69) is 0 Å². The van der Waals surface area contributed by atoms with Crippen molar-refractivity contribution in [1.82, 2.24) is 0 Å². The highest BCUT2D eigenvalue weighted by Crippen LogP contribution is 2.67. The van der Waals surface area contributed by atoms with E-state index in [9.17, 15) is 0 Å². The molecule has 12 heavy (non-hydrogen) atoms. The smallest absolute Gasteiger partial charge is 0.0263 e. The summed E-state index contributed by atoms with van der Waals surface area (Å²) in [6.07, 6.45) is 14.1. The zero-order valence-electron chi connectivity index (χ0n) is 8.02. The lowest BCUT2D eigenvalue weighted by molar-refractivity contribution is 0.367. The van der Waals surface area contributed by atoms with Gasteiger partial charge in [0.2, 0.25) is 0 Å². The fourth-order valence-corrected chi connectivity index (χ4v) is 4.06. The van der Waals surface area contributed by atoms with E-state index in [1.165, 1.54) is 24.7 Å². The quantitative estimate of drug-likeness (QED) is 0.553. The highest BCUT2D eigenvalue weighted by Gasteiger charge is 2.57. The van der Waals surface area contributed by atoms with E-state index in [0.717, 1.165) is 5.41 Å². The summed E-state index contributed by atoms with van der Waals surface area (Å²) in [5.41, 5.74) is 0.926. The van der Waals surface area contributed by atoms with Gasteiger partial charge >= 0.3 is 0 Å². The highest BCUT2D eigenvalue weighted by atomic mass is 14.6. The highest BCUT2D eigenvalue weighted by molar-refractivity contribution is 5.07. The van der Waals surface area contributed by atoms with Crippen molar-refractivity contribution < 1.29 is 0 Å². The summed E-state index contributed by atoms with van der Waals surface area (Å²) in [6, 6.07) is 0. The van der Waals surface area contributed by atoms with E-state index >= 15 is 0 Å². The number of hydrogen-bond acceptors (Lipinski definition) is 0. The number of rotatable bonds is 1. The summed E-state index contributed by atoms with van der Waals surface area (Å²) in [6.45, 7) is 0. The van der Waals surface area contributed by atoms with Gasteiger partial charge in [0, 0.05) is 0 Å². The predicted molar refractivity (Wildman–Crippen MR) is 51.0 cm³/mol. The Morgan fingerprint density at radius 2 is 1.50 bits per heavy atom. The van der Waals surface area contributed by atoms with E-state index in [0.29, 0.717) is 0 Å². The molecule has 3 fully saturated rings. The Bertz CT molecular complexity index is 170. The van der Waals surface area contributed by atoms with Gasteiger partial charge in [-0.2, -0.15) is 0 Å². The van der Waals surface area contributed by atoms with Gasteiger partial charge < -0.3 is 0 Å². The zero-order valence-corrected chi connectivity index (χ0v) is 8.02. The van der Waals surface area contributed by atoms with Crippen molar-refractivity contribution in [2.75, 3.05) is 0 Å². The maximum Gasteiger partial charge on any atom is -0.0263 e. The van der Waals surface area contributed by atoms with Crippen LogP contribution in [0.2, 0.25) is 0 Å².